The summed E-state index contributed by atoms with van der Waals surface area (Å²) in [6.45, 7) is 3.72. The molecule has 9 heteroatoms. The number of hydrogen-bond acceptors (Lipinski definition) is 8. The Balaban J connectivity index is 2.35. The Morgan fingerprint density at radius 1 is 0.618 bits per heavy atom. The average molecular weight is 778 g/mol. The fourth-order valence-corrected chi connectivity index (χ4v) is 6.75. The molecule has 1 aliphatic rings. The molecule has 1 rings (SSSR count). The normalized spacial score (nSPS) is 21.8. The number of ether oxygens (including phenoxy) is 2. The van der Waals surface area contributed by atoms with Gasteiger partial charge in [0.15, 0.2) is 6.29 Å². The van der Waals surface area contributed by atoms with E-state index in [1.165, 1.54) is 96.3 Å². The summed E-state index contributed by atoms with van der Waals surface area (Å²) in [5.41, 5.74) is 0. The van der Waals surface area contributed by atoms with Gasteiger partial charge in [0.2, 0.25) is 5.91 Å². The molecule has 1 fully saturated rings. The van der Waals surface area contributed by atoms with Crippen LogP contribution in [0, 0.1) is 0 Å². The highest BCUT2D eigenvalue weighted by Crippen LogP contribution is 2.22. The highest BCUT2D eigenvalue weighted by Gasteiger charge is 2.44. The Hall–Kier alpha value is -1.85. The molecule has 55 heavy (non-hydrogen) atoms. The van der Waals surface area contributed by atoms with Crippen LogP contribution in [0.1, 0.15) is 181 Å². The van der Waals surface area contributed by atoms with E-state index in [9.17, 15) is 30.3 Å². The molecule has 1 aliphatic heterocycles. The lowest BCUT2D eigenvalue weighted by molar-refractivity contribution is -0.302. The summed E-state index contributed by atoms with van der Waals surface area (Å²) in [7, 11) is 0. The van der Waals surface area contributed by atoms with Gasteiger partial charge in [-0.1, -0.05) is 165 Å². The molecule has 0 aromatic rings. The van der Waals surface area contributed by atoms with Crippen LogP contribution in [0.5, 0.6) is 0 Å². The van der Waals surface area contributed by atoms with E-state index in [0.717, 1.165) is 64.2 Å². The molecule has 320 valence electrons. The Bertz CT molecular complexity index is 998. The number of allylic oxidation sites excluding steroid dienone is 7. The molecule has 1 saturated heterocycles. The predicted octanol–water partition coefficient (Wildman–Crippen LogP) is 9.06. The quantitative estimate of drug-likeness (QED) is 0.0273. The molecule has 0 aromatic carbocycles. The maximum absolute atomic E-state index is 12.9. The van der Waals surface area contributed by atoms with Crippen LogP contribution in [-0.4, -0.2) is 87.5 Å². The van der Waals surface area contributed by atoms with E-state index >= 15 is 0 Å². The van der Waals surface area contributed by atoms with Crippen LogP contribution in [0.4, 0.5) is 0 Å². The van der Waals surface area contributed by atoms with Gasteiger partial charge in [-0.25, -0.2) is 0 Å². The van der Waals surface area contributed by atoms with Gasteiger partial charge in [-0.3, -0.25) is 4.79 Å². The first-order valence-electron chi connectivity index (χ1n) is 22.4. The van der Waals surface area contributed by atoms with Gasteiger partial charge in [0.25, 0.3) is 0 Å². The molecule has 0 aromatic heterocycles. The van der Waals surface area contributed by atoms with Crippen molar-refractivity contribution in [2.45, 2.75) is 224 Å². The molecule has 7 unspecified atom stereocenters. The van der Waals surface area contributed by atoms with E-state index in [-0.39, 0.29) is 12.5 Å². The first kappa shape index (κ1) is 51.2. The first-order valence-corrected chi connectivity index (χ1v) is 22.4. The van der Waals surface area contributed by atoms with Crippen LogP contribution in [-0.2, 0) is 14.3 Å². The SMILES string of the molecule is CCCCCCC/C=C\C/C=C\C/C=C\CCCCCCCCC(=O)NC(COC1OC(CO)C(O)C(O)C1O)C(O)/C=C/CCCCCCCCCCC. The number of hydrogen-bond donors (Lipinski definition) is 6. The maximum Gasteiger partial charge on any atom is 0.220 e. The second kappa shape index (κ2) is 36.5. The molecule has 0 saturated carbocycles. The third-order valence-electron chi connectivity index (χ3n) is 10.4. The van der Waals surface area contributed by atoms with Crippen LogP contribution in [0.25, 0.3) is 0 Å². The predicted molar refractivity (Wildman–Crippen MR) is 226 cm³/mol. The van der Waals surface area contributed by atoms with E-state index in [4.69, 9.17) is 9.47 Å². The fraction of sp³-hybridized carbons (Fsp3) is 0.804. The van der Waals surface area contributed by atoms with Crippen molar-refractivity contribution in [1.82, 2.24) is 5.32 Å². The zero-order chi connectivity index (χ0) is 40.2. The van der Waals surface area contributed by atoms with Crippen molar-refractivity contribution in [3.8, 4) is 0 Å². The number of carbonyl (C=O) groups excluding carboxylic acids is 1. The van der Waals surface area contributed by atoms with Gasteiger partial charge in [-0.15, -0.1) is 0 Å². The minimum atomic E-state index is -1.57. The van der Waals surface area contributed by atoms with Crippen molar-refractivity contribution < 1.29 is 39.8 Å². The number of amides is 1. The Morgan fingerprint density at radius 2 is 1.07 bits per heavy atom. The summed E-state index contributed by atoms with van der Waals surface area (Å²) in [6.07, 6.45) is 38.6. The van der Waals surface area contributed by atoms with Crippen molar-refractivity contribution >= 4 is 5.91 Å². The smallest absolute Gasteiger partial charge is 0.220 e. The first-order chi connectivity index (χ1) is 26.8. The molecule has 0 aliphatic carbocycles. The van der Waals surface area contributed by atoms with E-state index in [1.807, 2.05) is 6.08 Å². The minimum Gasteiger partial charge on any atom is -0.394 e. The summed E-state index contributed by atoms with van der Waals surface area (Å²) in [5.74, 6) is -0.193. The molecule has 1 heterocycles. The standard InChI is InChI=1S/C46H83NO8/c1-3-5-7-9-11-13-15-16-17-18-19-20-21-22-23-24-26-28-30-32-34-36-42(50)47-39(38-54-46-45(53)44(52)43(51)41(37-48)55-46)40(49)35-33-31-29-27-25-14-12-10-8-6-4-2/h15-16,18-19,21-22,33,35,39-41,43-46,48-49,51-53H,3-14,17,20,23-32,34,36-38H2,1-2H3,(H,47,50)/b16-15-,19-18-,22-21-,35-33+. The molecule has 0 radical (unpaired) electrons. The zero-order valence-corrected chi connectivity index (χ0v) is 34.9. The van der Waals surface area contributed by atoms with Crippen molar-refractivity contribution in [2.24, 2.45) is 0 Å². The number of rotatable bonds is 36. The van der Waals surface area contributed by atoms with E-state index < -0.39 is 49.5 Å². The second-order valence-electron chi connectivity index (χ2n) is 15.5. The van der Waals surface area contributed by atoms with Crippen LogP contribution in [0.2, 0.25) is 0 Å². The van der Waals surface area contributed by atoms with Crippen molar-refractivity contribution in [1.29, 1.82) is 0 Å². The molecular formula is C46H83NO8. The van der Waals surface area contributed by atoms with Gasteiger partial charge < -0.3 is 40.3 Å². The van der Waals surface area contributed by atoms with Gasteiger partial charge in [-0.2, -0.15) is 0 Å². The zero-order valence-electron chi connectivity index (χ0n) is 34.9. The number of carbonyl (C=O) groups is 1. The second-order valence-corrected chi connectivity index (χ2v) is 15.5. The lowest BCUT2D eigenvalue weighted by Gasteiger charge is -2.40. The largest absolute Gasteiger partial charge is 0.394 e. The van der Waals surface area contributed by atoms with Crippen LogP contribution < -0.4 is 5.32 Å². The highest BCUT2D eigenvalue weighted by atomic mass is 16.7. The molecule has 0 spiro atoms. The Kier molecular flexibility index (Phi) is 33.9. The van der Waals surface area contributed by atoms with Crippen molar-refractivity contribution in [2.75, 3.05) is 13.2 Å². The fourth-order valence-electron chi connectivity index (χ4n) is 6.75. The molecule has 7 atom stereocenters. The molecule has 0 bridgehead atoms. The summed E-state index contributed by atoms with van der Waals surface area (Å²) >= 11 is 0. The van der Waals surface area contributed by atoms with Crippen LogP contribution in [0.15, 0.2) is 48.6 Å². The molecule has 9 nitrogen and oxygen atoms in total. The van der Waals surface area contributed by atoms with Crippen LogP contribution >= 0.6 is 0 Å². The highest BCUT2D eigenvalue weighted by molar-refractivity contribution is 5.76. The lowest BCUT2D eigenvalue weighted by atomic mass is 9.99. The molecular weight excluding hydrogens is 695 g/mol. The third kappa shape index (κ3) is 27.4. The Labute approximate surface area is 335 Å². The summed E-state index contributed by atoms with van der Waals surface area (Å²) in [4.78, 5) is 12.9. The number of aliphatic hydroxyl groups is 5. The summed E-state index contributed by atoms with van der Waals surface area (Å²) in [6, 6.07) is -0.811. The van der Waals surface area contributed by atoms with Crippen molar-refractivity contribution in [3.05, 3.63) is 48.6 Å². The number of aliphatic hydroxyl groups excluding tert-OH is 5. The maximum atomic E-state index is 12.9. The summed E-state index contributed by atoms with van der Waals surface area (Å²) in [5, 5.41) is 54.0. The molecule has 1 amide bonds. The van der Waals surface area contributed by atoms with E-state index in [1.54, 1.807) is 6.08 Å². The molecule has 6 N–H and O–H groups in total. The Morgan fingerprint density at radius 3 is 1.58 bits per heavy atom. The van der Waals surface area contributed by atoms with Gasteiger partial charge >= 0.3 is 0 Å². The average Bonchev–Trinajstić information content (AvgIpc) is 3.18. The third-order valence-corrected chi connectivity index (χ3v) is 10.4. The topological polar surface area (TPSA) is 149 Å². The summed E-state index contributed by atoms with van der Waals surface area (Å²) < 4.78 is 11.2. The lowest BCUT2D eigenvalue weighted by Crippen LogP contribution is -2.60. The number of nitrogens with one attached hydrogen (secondary N) is 1. The van der Waals surface area contributed by atoms with E-state index in [0.29, 0.717) is 6.42 Å². The van der Waals surface area contributed by atoms with Gasteiger partial charge in [0.1, 0.15) is 24.4 Å². The number of unbranched alkanes of at least 4 members (excludes halogenated alkanes) is 20. The van der Waals surface area contributed by atoms with Gasteiger partial charge in [0.05, 0.1) is 25.4 Å². The van der Waals surface area contributed by atoms with Crippen molar-refractivity contribution in [3.63, 3.8) is 0 Å². The van der Waals surface area contributed by atoms with Gasteiger partial charge in [0, 0.05) is 6.42 Å². The monoisotopic (exact) mass is 778 g/mol. The van der Waals surface area contributed by atoms with E-state index in [2.05, 4.69) is 55.6 Å². The minimum absolute atomic E-state index is 0.193. The van der Waals surface area contributed by atoms with Gasteiger partial charge in [-0.05, 0) is 57.8 Å². The van der Waals surface area contributed by atoms with Crippen LogP contribution in [0.3, 0.4) is 0 Å².